The zero-order chi connectivity index (χ0) is 12.9. The van der Waals surface area contributed by atoms with Crippen LogP contribution in [-0.2, 0) is 0 Å². The molecule has 2 N–H and O–H groups in total. The lowest BCUT2D eigenvalue weighted by atomic mass is 9.85. The van der Waals surface area contributed by atoms with Crippen LogP contribution >= 0.6 is 0 Å². The molecular weight excluding hydrogens is 216 g/mol. The van der Waals surface area contributed by atoms with Crippen molar-refractivity contribution in [2.24, 2.45) is 5.41 Å². The van der Waals surface area contributed by atoms with Crippen LogP contribution in [0.15, 0.2) is 18.3 Å². The Morgan fingerprint density at radius 3 is 2.71 bits per heavy atom. The number of anilines is 1. The quantitative estimate of drug-likeness (QED) is 0.826. The van der Waals surface area contributed by atoms with Gasteiger partial charge in [0.2, 0.25) is 0 Å². The second-order valence-electron chi connectivity index (χ2n) is 5.13. The Morgan fingerprint density at radius 1 is 1.47 bits per heavy atom. The van der Waals surface area contributed by atoms with Crippen molar-refractivity contribution in [3.05, 3.63) is 18.3 Å². The molecule has 1 aromatic heterocycles. The molecule has 0 amide bonds. The Bertz CT molecular complexity index is 348. The number of pyridine rings is 1. The van der Waals surface area contributed by atoms with Crippen LogP contribution in [0.3, 0.4) is 0 Å². The summed E-state index contributed by atoms with van der Waals surface area (Å²) in [6, 6.07) is 3.85. The van der Waals surface area contributed by atoms with Gasteiger partial charge in [-0.3, -0.25) is 0 Å². The number of aliphatic hydroxyl groups excluding tert-OH is 1. The molecule has 1 heterocycles. The number of aliphatic hydroxyl groups is 1. The fraction of sp³-hybridized carbons (Fsp3) is 0.615. The third-order valence-corrected chi connectivity index (χ3v) is 2.76. The van der Waals surface area contributed by atoms with E-state index in [9.17, 15) is 0 Å². The first-order valence-electron chi connectivity index (χ1n) is 5.85. The van der Waals surface area contributed by atoms with E-state index in [2.05, 4.69) is 31.1 Å². The van der Waals surface area contributed by atoms with Crippen molar-refractivity contribution in [2.45, 2.75) is 33.2 Å². The second-order valence-corrected chi connectivity index (χ2v) is 5.13. The van der Waals surface area contributed by atoms with Crippen molar-refractivity contribution >= 4 is 5.82 Å². The molecule has 0 aliphatic heterocycles. The lowest BCUT2D eigenvalue weighted by molar-refractivity contribution is 0.234. The third kappa shape index (κ3) is 3.89. The highest BCUT2D eigenvalue weighted by Gasteiger charge is 2.25. The number of methoxy groups -OCH3 is 1. The van der Waals surface area contributed by atoms with E-state index in [1.165, 1.54) is 0 Å². The Morgan fingerprint density at radius 2 is 2.18 bits per heavy atom. The third-order valence-electron chi connectivity index (χ3n) is 2.76. The molecule has 0 bridgehead atoms. The molecule has 0 saturated heterocycles. The second kappa shape index (κ2) is 5.87. The van der Waals surface area contributed by atoms with E-state index in [0.717, 1.165) is 11.6 Å². The number of rotatable bonds is 5. The van der Waals surface area contributed by atoms with Crippen LogP contribution in [0.4, 0.5) is 5.82 Å². The van der Waals surface area contributed by atoms with Crippen LogP contribution in [0, 0.1) is 5.41 Å². The average molecular weight is 238 g/mol. The average Bonchev–Trinajstić information content (AvgIpc) is 2.28. The van der Waals surface area contributed by atoms with Crippen molar-refractivity contribution < 1.29 is 9.84 Å². The molecule has 0 aromatic carbocycles. The smallest absolute Gasteiger partial charge is 0.168 e. The minimum atomic E-state index is 0.0469. The summed E-state index contributed by atoms with van der Waals surface area (Å²) in [5.74, 6) is 1.45. The van der Waals surface area contributed by atoms with Crippen molar-refractivity contribution in [3.8, 4) is 5.75 Å². The summed E-state index contributed by atoms with van der Waals surface area (Å²) in [7, 11) is 1.63. The highest BCUT2D eigenvalue weighted by atomic mass is 16.5. The molecule has 4 nitrogen and oxygen atoms in total. The van der Waals surface area contributed by atoms with Gasteiger partial charge < -0.3 is 15.2 Å². The van der Waals surface area contributed by atoms with Crippen LogP contribution in [0.1, 0.15) is 27.2 Å². The lowest BCUT2D eigenvalue weighted by Gasteiger charge is -2.31. The van der Waals surface area contributed by atoms with Crippen LogP contribution in [0.5, 0.6) is 5.75 Å². The molecule has 4 heteroatoms. The first-order valence-corrected chi connectivity index (χ1v) is 5.85. The van der Waals surface area contributed by atoms with Gasteiger partial charge in [-0.2, -0.15) is 0 Å². The van der Waals surface area contributed by atoms with E-state index in [1.807, 2.05) is 12.1 Å². The molecule has 0 fully saturated rings. The molecule has 1 rings (SSSR count). The standard InChI is InChI=1S/C13H22N2O2/c1-13(2,3)11(7-9-16)15-12-10(17-4)6-5-8-14-12/h5-6,8,11,16H,7,9H2,1-4H3,(H,14,15). The highest BCUT2D eigenvalue weighted by Crippen LogP contribution is 2.28. The summed E-state index contributed by atoms with van der Waals surface area (Å²) in [4.78, 5) is 4.27. The molecule has 1 unspecified atom stereocenters. The number of hydrogen-bond donors (Lipinski definition) is 2. The van der Waals surface area contributed by atoms with E-state index in [4.69, 9.17) is 9.84 Å². The molecule has 17 heavy (non-hydrogen) atoms. The molecule has 0 spiro atoms. The molecular formula is C13H22N2O2. The summed E-state index contributed by atoms with van der Waals surface area (Å²) in [5, 5.41) is 12.5. The Hall–Kier alpha value is -1.29. The monoisotopic (exact) mass is 238 g/mol. The molecule has 0 saturated carbocycles. The number of nitrogens with zero attached hydrogens (tertiary/aromatic N) is 1. The van der Waals surface area contributed by atoms with Crippen molar-refractivity contribution in [2.75, 3.05) is 19.0 Å². The van der Waals surface area contributed by atoms with E-state index >= 15 is 0 Å². The van der Waals surface area contributed by atoms with Crippen LogP contribution in [0.2, 0.25) is 0 Å². The summed E-state index contributed by atoms with van der Waals surface area (Å²) >= 11 is 0. The predicted molar refractivity (Wildman–Crippen MR) is 69.4 cm³/mol. The zero-order valence-electron chi connectivity index (χ0n) is 11.0. The van der Waals surface area contributed by atoms with Gasteiger partial charge in [-0.25, -0.2) is 4.98 Å². The molecule has 96 valence electrons. The Kier molecular flexibility index (Phi) is 4.75. The molecule has 0 aliphatic rings. The van der Waals surface area contributed by atoms with Gasteiger partial charge >= 0.3 is 0 Å². The number of hydrogen-bond acceptors (Lipinski definition) is 4. The van der Waals surface area contributed by atoms with Crippen LogP contribution in [-0.4, -0.2) is 29.8 Å². The van der Waals surface area contributed by atoms with E-state index in [1.54, 1.807) is 13.3 Å². The van der Waals surface area contributed by atoms with Gasteiger partial charge in [-0.15, -0.1) is 0 Å². The van der Waals surface area contributed by atoms with Gasteiger partial charge in [0.1, 0.15) is 0 Å². The number of nitrogens with one attached hydrogen (secondary N) is 1. The van der Waals surface area contributed by atoms with E-state index < -0.39 is 0 Å². The maximum absolute atomic E-state index is 9.11. The van der Waals surface area contributed by atoms with E-state index in [-0.39, 0.29) is 18.1 Å². The molecule has 1 atom stereocenters. The normalized spacial score (nSPS) is 13.2. The minimum Gasteiger partial charge on any atom is -0.493 e. The number of aromatic nitrogens is 1. The van der Waals surface area contributed by atoms with Gasteiger partial charge in [0, 0.05) is 18.8 Å². The predicted octanol–water partition coefficient (Wildman–Crippen LogP) is 2.30. The fourth-order valence-electron chi connectivity index (χ4n) is 1.68. The SMILES string of the molecule is COc1cccnc1NC(CCO)C(C)(C)C. The lowest BCUT2D eigenvalue weighted by Crippen LogP contribution is -2.35. The zero-order valence-corrected chi connectivity index (χ0v) is 11.0. The van der Waals surface area contributed by atoms with Crippen LogP contribution in [0.25, 0.3) is 0 Å². The maximum Gasteiger partial charge on any atom is 0.168 e. The topological polar surface area (TPSA) is 54.4 Å². The Labute approximate surface area is 103 Å². The largest absolute Gasteiger partial charge is 0.493 e. The van der Waals surface area contributed by atoms with Gasteiger partial charge in [0.25, 0.3) is 0 Å². The highest BCUT2D eigenvalue weighted by molar-refractivity contribution is 5.50. The number of ether oxygens (including phenoxy) is 1. The first kappa shape index (κ1) is 13.8. The molecule has 0 aliphatic carbocycles. The summed E-state index contributed by atoms with van der Waals surface area (Å²) in [5.41, 5.74) is 0.0469. The first-order chi connectivity index (χ1) is 7.99. The van der Waals surface area contributed by atoms with Gasteiger partial charge in [0.15, 0.2) is 11.6 Å². The van der Waals surface area contributed by atoms with Crippen LogP contribution < -0.4 is 10.1 Å². The van der Waals surface area contributed by atoms with Gasteiger partial charge in [-0.1, -0.05) is 20.8 Å². The van der Waals surface area contributed by atoms with Gasteiger partial charge in [0.05, 0.1) is 7.11 Å². The maximum atomic E-state index is 9.11. The van der Waals surface area contributed by atoms with Crippen molar-refractivity contribution in [3.63, 3.8) is 0 Å². The van der Waals surface area contributed by atoms with Crippen molar-refractivity contribution in [1.82, 2.24) is 4.98 Å². The summed E-state index contributed by atoms with van der Waals surface area (Å²) < 4.78 is 5.25. The fourth-order valence-corrected chi connectivity index (χ4v) is 1.68. The van der Waals surface area contributed by atoms with Crippen molar-refractivity contribution in [1.29, 1.82) is 0 Å². The minimum absolute atomic E-state index is 0.0469. The summed E-state index contributed by atoms with van der Waals surface area (Å²) in [6.45, 7) is 6.56. The summed E-state index contributed by atoms with van der Waals surface area (Å²) in [6.07, 6.45) is 2.41. The molecule has 0 radical (unpaired) electrons. The van der Waals surface area contributed by atoms with E-state index in [0.29, 0.717) is 6.42 Å². The van der Waals surface area contributed by atoms with Gasteiger partial charge in [-0.05, 0) is 24.0 Å². The molecule has 1 aromatic rings. The Balaban J connectivity index is 2.86.